The highest BCUT2D eigenvalue weighted by Gasteiger charge is 2.02. The van der Waals surface area contributed by atoms with Crippen LogP contribution < -0.4 is 5.32 Å². The molecule has 6 heteroatoms. The van der Waals surface area contributed by atoms with Gasteiger partial charge in [-0.3, -0.25) is 4.79 Å². The van der Waals surface area contributed by atoms with Crippen molar-refractivity contribution in [3.63, 3.8) is 0 Å². The predicted octanol–water partition coefficient (Wildman–Crippen LogP) is 3.50. The highest BCUT2D eigenvalue weighted by Crippen LogP contribution is 2.04. The van der Waals surface area contributed by atoms with E-state index in [9.17, 15) is 14.7 Å². The van der Waals surface area contributed by atoms with Gasteiger partial charge in [0, 0.05) is 13.0 Å². The summed E-state index contributed by atoms with van der Waals surface area (Å²) >= 11 is 0. The van der Waals surface area contributed by atoms with Crippen LogP contribution in [0, 0.1) is 0 Å². The van der Waals surface area contributed by atoms with E-state index in [2.05, 4.69) is 17.0 Å². The lowest BCUT2D eigenvalue weighted by molar-refractivity contribution is -0.140. The molecule has 0 fully saturated rings. The van der Waals surface area contributed by atoms with Crippen molar-refractivity contribution in [2.24, 2.45) is 0 Å². The Morgan fingerprint density at radius 2 is 1.96 bits per heavy atom. The minimum absolute atomic E-state index is 0.251. The Morgan fingerprint density at radius 3 is 2.68 bits per heavy atom. The van der Waals surface area contributed by atoms with E-state index in [1.165, 1.54) is 7.11 Å². The van der Waals surface area contributed by atoms with Crippen molar-refractivity contribution < 1.29 is 24.2 Å². The van der Waals surface area contributed by atoms with Crippen molar-refractivity contribution in [2.45, 2.75) is 64.4 Å². The molecule has 0 aromatic carbocycles. The Labute approximate surface area is 151 Å². The molecular weight excluding hydrogens is 322 g/mol. The quantitative estimate of drug-likeness (QED) is 0.283. The Kier molecular flexibility index (Phi) is 15.8. The van der Waals surface area contributed by atoms with Crippen molar-refractivity contribution in [1.82, 2.24) is 5.32 Å². The first-order valence-electron chi connectivity index (χ1n) is 9.09. The van der Waals surface area contributed by atoms with Crippen molar-refractivity contribution in [1.29, 1.82) is 0 Å². The van der Waals surface area contributed by atoms with Gasteiger partial charge in [-0.05, 0) is 25.7 Å². The van der Waals surface area contributed by atoms with Crippen LogP contribution in [0.2, 0.25) is 0 Å². The number of carbonyl (C=O) groups is 2. The number of ether oxygens (including phenoxy) is 2. The van der Waals surface area contributed by atoms with Gasteiger partial charge in [0.2, 0.25) is 0 Å². The van der Waals surface area contributed by atoms with E-state index in [1.54, 1.807) is 6.08 Å². The lowest BCUT2D eigenvalue weighted by Crippen LogP contribution is -2.25. The fourth-order valence-electron chi connectivity index (χ4n) is 2.01. The molecule has 0 rings (SSSR count). The van der Waals surface area contributed by atoms with Crippen LogP contribution in [0.1, 0.15) is 58.3 Å². The fraction of sp³-hybridized carbons (Fsp3) is 0.684. The van der Waals surface area contributed by atoms with Crippen LogP contribution in [0.25, 0.3) is 0 Å². The molecule has 0 saturated heterocycles. The third-order valence-corrected chi connectivity index (χ3v) is 3.50. The number of allylic oxidation sites excluding steroid dienone is 2. The second kappa shape index (κ2) is 17.0. The van der Waals surface area contributed by atoms with Crippen LogP contribution >= 0.6 is 0 Å². The lowest BCUT2D eigenvalue weighted by Gasteiger charge is -2.05. The molecule has 1 amide bonds. The van der Waals surface area contributed by atoms with E-state index >= 15 is 0 Å². The monoisotopic (exact) mass is 355 g/mol. The van der Waals surface area contributed by atoms with Gasteiger partial charge < -0.3 is 19.9 Å². The number of hydrogen-bond donors (Lipinski definition) is 2. The molecule has 0 aliphatic heterocycles. The number of alkyl carbamates (subject to hydrolysis) is 1. The molecule has 1 unspecified atom stereocenters. The molecule has 0 saturated carbocycles. The molecule has 0 heterocycles. The minimum Gasteiger partial charge on any atom is -0.469 e. The summed E-state index contributed by atoms with van der Waals surface area (Å²) in [7, 11) is 1.35. The average Bonchev–Trinajstić information content (AvgIpc) is 2.60. The first-order chi connectivity index (χ1) is 12.1. The van der Waals surface area contributed by atoms with Crippen molar-refractivity contribution in [2.75, 3.05) is 20.3 Å². The zero-order valence-corrected chi connectivity index (χ0v) is 15.5. The maximum Gasteiger partial charge on any atom is 0.407 e. The molecule has 0 aromatic rings. The number of unbranched alkanes of at least 4 members (excludes halogenated alkanes) is 3. The van der Waals surface area contributed by atoms with Gasteiger partial charge in [-0.2, -0.15) is 0 Å². The second-order valence-corrected chi connectivity index (χ2v) is 5.76. The van der Waals surface area contributed by atoms with Crippen LogP contribution in [-0.4, -0.2) is 43.5 Å². The molecule has 0 aromatic heterocycles. The molecule has 6 nitrogen and oxygen atoms in total. The molecule has 1 atom stereocenters. The van der Waals surface area contributed by atoms with E-state index in [0.29, 0.717) is 32.2 Å². The number of carbonyl (C=O) groups excluding carboxylic acids is 2. The third-order valence-electron chi connectivity index (χ3n) is 3.50. The molecule has 25 heavy (non-hydrogen) atoms. The summed E-state index contributed by atoms with van der Waals surface area (Å²) in [5.74, 6) is -0.251. The first-order valence-corrected chi connectivity index (χ1v) is 9.09. The highest BCUT2D eigenvalue weighted by atomic mass is 16.5. The van der Waals surface area contributed by atoms with Crippen molar-refractivity contribution in [3.05, 3.63) is 24.3 Å². The number of aliphatic hydroxyl groups is 1. The summed E-state index contributed by atoms with van der Waals surface area (Å²) in [5.41, 5.74) is 0. The van der Waals surface area contributed by atoms with E-state index in [0.717, 1.165) is 25.7 Å². The zero-order valence-electron chi connectivity index (χ0n) is 15.5. The van der Waals surface area contributed by atoms with E-state index in [4.69, 9.17) is 4.74 Å². The summed E-state index contributed by atoms with van der Waals surface area (Å²) in [6.45, 7) is 2.92. The smallest absolute Gasteiger partial charge is 0.407 e. The van der Waals surface area contributed by atoms with Gasteiger partial charge in [0.1, 0.15) is 0 Å². The van der Waals surface area contributed by atoms with Gasteiger partial charge in [-0.1, -0.05) is 50.5 Å². The van der Waals surface area contributed by atoms with Gasteiger partial charge in [-0.15, -0.1) is 0 Å². The predicted molar refractivity (Wildman–Crippen MR) is 98.3 cm³/mol. The van der Waals surface area contributed by atoms with E-state index in [-0.39, 0.29) is 18.7 Å². The Bertz CT molecular complexity index is 407. The summed E-state index contributed by atoms with van der Waals surface area (Å²) in [5, 5.41) is 12.3. The number of amides is 1. The molecule has 0 aliphatic carbocycles. The zero-order chi connectivity index (χ0) is 18.8. The number of methoxy groups -OCH3 is 1. The van der Waals surface area contributed by atoms with Gasteiger partial charge in [0.05, 0.1) is 19.8 Å². The number of nitrogens with one attached hydrogen (secondary N) is 1. The molecular formula is C19H33NO5. The largest absolute Gasteiger partial charge is 0.469 e. The topological polar surface area (TPSA) is 84.9 Å². The fourth-order valence-corrected chi connectivity index (χ4v) is 2.01. The Hall–Kier alpha value is -1.82. The number of hydrogen-bond acceptors (Lipinski definition) is 5. The van der Waals surface area contributed by atoms with Gasteiger partial charge in [0.15, 0.2) is 0 Å². The number of rotatable bonds is 14. The molecule has 2 N–H and O–H groups in total. The first kappa shape index (κ1) is 23.2. The molecule has 0 aliphatic rings. The number of esters is 1. The van der Waals surface area contributed by atoms with Gasteiger partial charge >= 0.3 is 12.1 Å². The summed E-state index contributed by atoms with van der Waals surface area (Å²) in [4.78, 5) is 22.3. The van der Waals surface area contributed by atoms with Crippen LogP contribution in [0.3, 0.4) is 0 Å². The van der Waals surface area contributed by atoms with E-state index in [1.807, 2.05) is 18.2 Å². The molecule has 144 valence electrons. The maximum atomic E-state index is 11.4. The highest BCUT2D eigenvalue weighted by molar-refractivity contribution is 5.69. The van der Waals surface area contributed by atoms with Crippen LogP contribution in [0.15, 0.2) is 24.3 Å². The van der Waals surface area contributed by atoms with Crippen LogP contribution in [0.4, 0.5) is 4.79 Å². The van der Waals surface area contributed by atoms with Crippen molar-refractivity contribution >= 4 is 12.1 Å². The number of aliphatic hydroxyl groups excluding tert-OH is 1. The Morgan fingerprint density at radius 1 is 1.16 bits per heavy atom. The van der Waals surface area contributed by atoms with Gasteiger partial charge in [-0.25, -0.2) is 4.79 Å². The average molecular weight is 355 g/mol. The second-order valence-electron chi connectivity index (χ2n) is 5.76. The summed E-state index contributed by atoms with van der Waals surface area (Å²) in [6, 6.07) is 0. The van der Waals surface area contributed by atoms with Crippen LogP contribution in [0.5, 0.6) is 0 Å². The summed E-state index contributed by atoms with van der Waals surface area (Å²) in [6.07, 6.45) is 13.0. The van der Waals surface area contributed by atoms with Gasteiger partial charge in [0.25, 0.3) is 0 Å². The van der Waals surface area contributed by atoms with Crippen LogP contribution in [-0.2, 0) is 14.3 Å². The van der Waals surface area contributed by atoms with Crippen molar-refractivity contribution in [3.8, 4) is 0 Å². The van der Waals surface area contributed by atoms with E-state index < -0.39 is 6.09 Å². The molecule has 0 radical (unpaired) electrons. The Balaban J connectivity index is 3.53. The molecule has 0 bridgehead atoms. The third kappa shape index (κ3) is 16.8. The summed E-state index contributed by atoms with van der Waals surface area (Å²) < 4.78 is 9.51. The normalized spacial score (nSPS) is 12.4. The lowest BCUT2D eigenvalue weighted by atomic mass is 10.1. The maximum absolute atomic E-state index is 11.4. The minimum atomic E-state index is -0.451. The SMILES string of the molecule is CCCCCC(O)C=CC=CCCNC(=O)OCCCCC(=O)OC. The standard InChI is InChI=1S/C19H33NO5/c1-3-4-7-12-17(21)13-8-5-6-10-15-20-19(23)25-16-11-9-14-18(22)24-2/h5-6,8,13,17,21H,3-4,7,9-12,14-16H2,1-2H3,(H,20,23). The molecule has 0 spiro atoms.